The van der Waals surface area contributed by atoms with Crippen molar-refractivity contribution in [1.82, 2.24) is 19.7 Å². The highest BCUT2D eigenvalue weighted by atomic mass is 35.5. The first-order valence-electron chi connectivity index (χ1n) is 13.6. The van der Waals surface area contributed by atoms with Gasteiger partial charge in [-0.1, -0.05) is 65.7 Å². The number of halogens is 2. The van der Waals surface area contributed by atoms with Gasteiger partial charge in [-0.25, -0.2) is 9.97 Å². The summed E-state index contributed by atoms with van der Waals surface area (Å²) in [5.41, 5.74) is 7.75. The Hall–Kier alpha value is -3.46. The fourth-order valence-corrected chi connectivity index (χ4v) is 5.59. The van der Waals surface area contributed by atoms with E-state index in [0.29, 0.717) is 34.7 Å². The quantitative estimate of drug-likeness (QED) is 0.145. The molecule has 0 saturated heterocycles. The number of rotatable bonds is 12. The van der Waals surface area contributed by atoms with E-state index in [1.807, 2.05) is 77.5 Å². The Bertz CT molecular complexity index is 1650. The van der Waals surface area contributed by atoms with Crippen LogP contribution < -0.4 is 10.1 Å². The molecule has 5 aromatic rings. The lowest BCUT2D eigenvalue weighted by Gasteiger charge is -2.15. The van der Waals surface area contributed by atoms with Crippen molar-refractivity contribution < 1.29 is 14.9 Å². The number of hydrogen-bond acceptors (Lipinski definition) is 6. The number of benzene rings is 2. The zero-order chi connectivity index (χ0) is 28.8. The summed E-state index contributed by atoms with van der Waals surface area (Å²) in [7, 11) is 1.61. The molecule has 0 bridgehead atoms. The molecule has 7 nitrogen and oxygen atoms in total. The molecular formula is C32H32Cl2N4O3. The van der Waals surface area contributed by atoms with Gasteiger partial charge in [0.15, 0.2) is 0 Å². The standard InChI is InChI=1S/C32H32Cl2N4O3/c1-41-32-21(6-2-3-16-39)11-13-28(37-32)27-10-5-9-26(31(27)34)25-8-4-7-24(30(25)33)22-12-14-29-36-19-23(38(29)20-22)18-35-15-17-40/h4-5,7-14,19-20,35,39-40H,2-3,6,15-18H2,1H3. The molecule has 0 atom stereocenters. The number of aliphatic hydroxyl groups excluding tert-OH is 2. The molecule has 0 aliphatic rings. The van der Waals surface area contributed by atoms with Crippen molar-refractivity contribution in [2.45, 2.75) is 25.8 Å². The van der Waals surface area contributed by atoms with Crippen LogP contribution in [0.5, 0.6) is 5.88 Å². The normalized spacial score (nSPS) is 11.3. The van der Waals surface area contributed by atoms with Crippen LogP contribution in [0.25, 0.3) is 39.2 Å². The highest BCUT2D eigenvalue weighted by Gasteiger charge is 2.17. The van der Waals surface area contributed by atoms with Crippen LogP contribution in [0.4, 0.5) is 0 Å². The molecule has 0 saturated carbocycles. The predicted octanol–water partition coefficient (Wildman–Crippen LogP) is 6.44. The number of hydrogen-bond donors (Lipinski definition) is 3. The van der Waals surface area contributed by atoms with E-state index in [1.54, 1.807) is 7.11 Å². The van der Waals surface area contributed by atoms with Gasteiger partial charge < -0.3 is 24.7 Å². The van der Waals surface area contributed by atoms with E-state index in [9.17, 15) is 0 Å². The van der Waals surface area contributed by atoms with Crippen LogP contribution in [0.1, 0.15) is 24.1 Å². The van der Waals surface area contributed by atoms with Crippen LogP contribution in [0.3, 0.4) is 0 Å². The van der Waals surface area contributed by atoms with Gasteiger partial charge in [0.1, 0.15) is 5.65 Å². The monoisotopic (exact) mass is 590 g/mol. The van der Waals surface area contributed by atoms with Crippen molar-refractivity contribution in [1.29, 1.82) is 0 Å². The zero-order valence-electron chi connectivity index (χ0n) is 22.8. The van der Waals surface area contributed by atoms with Gasteiger partial charge in [0.2, 0.25) is 5.88 Å². The van der Waals surface area contributed by atoms with Crippen molar-refractivity contribution >= 4 is 28.8 Å². The van der Waals surface area contributed by atoms with Crippen molar-refractivity contribution in [2.24, 2.45) is 0 Å². The molecule has 5 rings (SSSR count). The van der Waals surface area contributed by atoms with Gasteiger partial charge in [0.05, 0.1) is 41.3 Å². The fourth-order valence-electron chi connectivity index (χ4n) is 4.93. The molecular weight excluding hydrogens is 559 g/mol. The largest absolute Gasteiger partial charge is 0.481 e. The number of imidazole rings is 1. The molecule has 0 radical (unpaired) electrons. The minimum atomic E-state index is 0.0779. The molecule has 0 unspecified atom stereocenters. The Morgan fingerprint density at radius 2 is 1.59 bits per heavy atom. The highest BCUT2D eigenvalue weighted by Crippen LogP contribution is 2.42. The molecule has 3 N–H and O–H groups in total. The van der Waals surface area contributed by atoms with E-state index in [0.717, 1.165) is 64.0 Å². The first-order valence-corrected chi connectivity index (χ1v) is 14.3. The topological polar surface area (TPSA) is 91.9 Å². The van der Waals surface area contributed by atoms with Crippen molar-refractivity contribution in [3.05, 3.63) is 94.4 Å². The number of aliphatic hydroxyl groups is 2. The van der Waals surface area contributed by atoms with Crippen LogP contribution >= 0.6 is 23.2 Å². The summed E-state index contributed by atoms with van der Waals surface area (Å²) in [6.07, 6.45) is 6.22. The van der Waals surface area contributed by atoms with Gasteiger partial charge in [0, 0.05) is 53.7 Å². The number of aryl methyl sites for hydroxylation is 1. The van der Waals surface area contributed by atoms with E-state index < -0.39 is 0 Å². The van der Waals surface area contributed by atoms with Crippen LogP contribution in [-0.2, 0) is 13.0 Å². The average molecular weight is 592 g/mol. The third-order valence-corrected chi connectivity index (χ3v) is 7.85. The summed E-state index contributed by atoms with van der Waals surface area (Å²) in [6, 6.07) is 19.7. The summed E-state index contributed by atoms with van der Waals surface area (Å²) >= 11 is 14.1. The second kappa shape index (κ2) is 13.5. The average Bonchev–Trinajstić information content (AvgIpc) is 3.40. The minimum absolute atomic E-state index is 0.0779. The minimum Gasteiger partial charge on any atom is -0.481 e. The molecule has 3 heterocycles. The Morgan fingerprint density at radius 1 is 0.854 bits per heavy atom. The van der Waals surface area contributed by atoms with Gasteiger partial charge >= 0.3 is 0 Å². The fraction of sp³-hybridized carbons (Fsp3) is 0.250. The van der Waals surface area contributed by atoms with E-state index in [2.05, 4.69) is 10.3 Å². The van der Waals surface area contributed by atoms with Gasteiger partial charge in [-0.3, -0.25) is 0 Å². The summed E-state index contributed by atoms with van der Waals surface area (Å²) in [4.78, 5) is 9.24. The van der Waals surface area contributed by atoms with E-state index in [-0.39, 0.29) is 13.2 Å². The molecule has 2 aromatic carbocycles. The van der Waals surface area contributed by atoms with Gasteiger partial charge in [-0.15, -0.1) is 0 Å². The molecule has 0 aliphatic heterocycles. The third-order valence-electron chi connectivity index (χ3n) is 7.04. The first kappa shape index (κ1) is 29.0. The first-order chi connectivity index (χ1) is 20.0. The number of methoxy groups -OCH3 is 1. The van der Waals surface area contributed by atoms with Crippen LogP contribution in [0.15, 0.2) is 73.1 Å². The second-order valence-corrected chi connectivity index (χ2v) is 10.4. The molecule has 0 aliphatic carbocycles. The smallest absolute Gasteiger partial charge is 0.216 e. The Morgan fingerprint density at radius 3 is 2.32 bits per heavy atom. The third kappa shape index (κ3) is 6.25. The summed E-state index contributed by atoms with van der Waals surface area (Å²) in [5.74, 6) is 0.558. The van der Waals surface area contributed by atoms with Crippen molar-refractivity contribution in [2.75, 3.05) is 26.9 Å². The maximum absolute atomic E-state index is 9.11. The van der Waals surface area contributed by atoms with Crippen molar-refractivity contribution in [3.8, 4) is 39.4 Å². The molecule has 0 amide bonds. The lowest BCUT2D eigenvalue weighted by Crippen LogP contribution is -2.18. The number of aromatic nitrogens is 3. The predicted molar refractivity (Wildman–Crippen MR) is 165 cm³/mol. The molecule has 212 valence electrons. The number of pyridine rings is 2. The summed E-state index contributed by atoms with van der Waals surface area (Å²) < 4.78 is 7.61. The van der Waals surface area contributed by atoms with E-state index >= 15 is 0 Å². The number of fused-ring (bicyclic) bond motifs is 1. The molecule has 9 heteroatoms. The Balaban J connectivity index is 1.50. The Kier molecular flexibility index (Phi) is 9.54. The zero-order valence-corrected chi connectivity index (χ0v) is 24.3. The molecule has 41 heavy (non-hydrogen) atoms. The maximum Gasteiger partial charge on any atom is 0.216 e. The van der Waals surface area contributed by atoms with E-state index in [1.165, 1.54) is 0 Å². The van der Waals surface area contributed by atoms with Gasteiger partial charge in [-0.05, 0) is 43.0 Å². The van der Waals surface area contributed by atoms with Crippen LogP contribution in [0, 0.1) is 0 Å². The lowest BCUT2D eigenvalue weighted by molar-refractivity contribution is 0.284. The molecule has 0 spiro atoms. The number of unbranched alkanes of at least 4 members (excludes halogenated alkanes) is 1. The van der Waals surface area contributed by atoms with Gasteiger partial charge in [0.25, 0.3) is 0 Å². The Labute approximate surface area is 249 Å². The molecule has 3 aromatic heterocycles. The summed E-state index contributed by atoms with van der Waals surface area (Å²) in [6.45, 7) is 1.35. The van der Waals surface area contributed by atoms with Crippen molar-refractivity contribution in [3.63, 3.8) is 0 Å². The number of nitrogens with zero attached hydrogens (tertiary/aromatic N) is 3. The van der Waals surface area contributed by atoms with Crippen LogP contribution in [-0.4, -0.2) is 51.5 Å². The van der Waals surface area contributed by atoms with Crippen LogP contribution in [0.2, 0.25) is 10.0 Å². The SMILES string of the molecule is COc1nc(-c2cccc(-c3cccc(-c4ccc5ncc(CNCCO)n5c4)c3Cl)c2Cl)ccc1CCCCO. The molecule has 0 fully saturated rings. The van der Waals surface area contributed by atoms with Gasteiger partial charge in [-0.2, -0.15) is 0 Å². The highest BCUT2D eigenvalue weighted by molar-refractivity contribution is 6.39. The lowest BCUT2D eigenvalue weighted by atomic mass is 9.97. The van der Waals surface area contributed by atoms with E-state index in [4.69, 9.17) is 43.1 Å². The second-order valence-electron chi connectivity index (χ2n) is 9.68. The maximum atomic E-state index is 9.11. The number of nitrogens with one attached hydrogen (secondary N) is 1. The number of ether oxygens (including phenoxy) is 1. The summed E-state index contributed by atoms with van der Waals surface area (Å²) in [5, 5.41) is 22.6.